The molecule has 0 saturated carbocycles. The number of rotatable bonds is 6. The van der Waals surface area contributed by atoms with Crippen LogP contribution in [0, 0.1) is 13.8 Å². The minimum Gasteiger partial charge on any atom is -0.338 e. The molecule has 0 bridgehead atoms. The molecule has 3 aromatic rings. The summed E-state index contributed by atoms with van der Waals surface area (Å²) in [7, 11) is 1.86. The summed E-state index contributed by atoms with van der Waals surface area (Å²) in [4.78, 5) is 19.5. The lowest BCUT2D eigenvalue weighted by atomic mass is 10.1. The number of aromatic nitrogens is 3. The lowest BCUT2D eigenvalue weighted by Crippen LogP contribution is -2.31. The summed E-state index contributed by atoms with van der Waals surface area (Å²) in [6.07, 6.45) is 3.17. The van der Waals surface area contributed by atoms with Crippen LogP contribution >= 0.6 is 11.8 Å². The van der Waals surface area contributed by atoms with E-state index < -0.39 is 0 Å². The molecule has 6 heteroatoms. The van der Waals surface area contributed by atoms with E-state index in [0.29, 0.717) is 5.75 Å². The van der Waals surface area contributed by atoms with Crippen LogP contribution in [0.2, 0.25) is 0 Å². The van der Waals surface area contributed by atoms with Crippen molar-refractivity contribution < 1.29 is 4.79 Å². The van der Waals surface area contributed by atoms with E-state index in [4.69, 9.17) is 0 Å². The summed E-state index contributed by atoms with van der Waals surface area (Å²) in [5, 5.41) is 4.13. The highest BCUT2D eigenvalue weighted by molar-refractivity contribution is 8.00. The summed E-state index contributed by atoms with van der Waals surface area (Å²) in [5.74, 6) is 0.548. The minimum atomic E-state index is 0.00245. The molecule has 1 amide bonds. The number of carbonyl (C=O) groups excluding carboxylic acids is 1. The Balaban J connectivity index is 1.61. The molecule has 27 heavy (non-hydrogen) atoms. The maximum absolute atomic E-state index is 12.6. The van der Waals surface area contributed by atoms with Crippen molar-refractivity contribution in [3.63, 3.8) is 0 Å². The van der Waals surface area contributed by atoms with E-state index in [0.717, 1.165) is 16.1 Å². The van der Waals surface area contributed by atoms with Gasteiger partial charge in [0.25, 0.3) is 0 Å². The molecule has 0 radical (unpaired) electrons. The summed E-state index contributed by atoms with van der Waals surface area (Å²) in [5.41, 5.74) is 4.56. The average molecular weight is 381 g/mol. The molecule has 0 unspecified atom stereocenters. The van der Waals surface area contributed by atoms with Gasteiger partial charge in [-0.05, 0) is 61.7 Å². The summed E-state index contributed by atoms with van der Waals surface area (Å²) in [6, 6.07) is 14.4. The topological polar surface area (TPSA) is 51.0 Å². The van der Waals surface area contributed by atoms with Crippen molar-refractivity contribution in [2.75, 3.05) is 12.8 Å². The Morgan fingerprint density at radius 3 is 2.52 bits per heavy atom. The molecule has 3 rings (SSSR count). The van der Waals surface area contributed by atoms with Gasteiger partial charge in [-0.2, -0.15) is 5.10 Å². The second kappa shape index (κ2) is 8.39. The highest BCUT2D eigenvalue weighted by atomic mass is 32.2. The van der Waals surface area contributed by atoms with Crippen molar-refractivity contribution in [3.8, 4) is 5.69 Å². The standard InChI is InChI=1S/C21H24N4OS/c1-15-5-10-20(11-16(15)2)27-12-21(26)24(4)17(3)18-6-8-19(9-7-18)25-14-22-13-23-25/h5-11,13-14,17H,12H2,1-4H3/t17-/m0/s1. The zero-order chi connectivity index (χ0) is 19.4. The largest absolute Gasteiger partial charge is 0.338 e. The molecule has 0 aliphatic carbocycles. The van der Waals surface area contributed by atoms with E-state index in [1.807, 2.05) is 38.2 Å². The number of hydrogen-bond acceptors (Lipinski definition) is 4. The molecule has 2 aromatic carbocycles. The smallest absolute Gasteiger partial charge is 0.233 e. The molecule has 1 atom stereocenters. The Bertz CT molecular complexity index is 906. The fraction of sp³-hybridized carbons (Fsp3) is 0.286. The Morgan fingerprint density at radius 1 is 1.15 bits per heavy atom. The number of thioether (sulfide) groups is 1. The van der Waals surface area contributed by atoms with E-state index in [9.17, 15) is 4.79 Å². The molecule has 1 aromatic heterocycles. The van der Waals surface area contributed by atoms with Gasteiger partial charge in [0, 0.05) is 11.9 Å². The molecule has 1 heterocycles. The predicted octanol–water partition coefficient (Wildman–Crippen LogP) is 4.20. The van der Waals surface area contributed by atoms with E-state index >= 15 is 0 Å². The molecule has 0 N–H and O–H groups in total. The highest BCUT2D eigenvalue weighted by Crippen LogP contribution is 2.24. The van der Waals surface area contributed by atoms with Crippen molar-refractivity contribution >= 4 is 17.7 Å². The van der Waals surface area contributed by atoms with Gasteiger partial charge < -0.3 is 4.90 Å². The highest BCUT2D eigenvalue weighted by Gasteiger charge is 2.17. The second-order valence-electron chi connectivity index (χ2n) is 6.65. The van der Waals surface area contributed by atoms with Gasteiger partial charge in [0.1, 0.15) is 12.7 Å². The summed E-state index contributed by atoms with van der Waals surface area (Å²) in [6.45, 7) is 6.24. The quantitative estimate of drug-likeness (QED) is 0.602. The summed E-state index contributed by atoms with van der Waals surface area (Å²) < 4.78 is 1.71. The predicted molar refractivity (Wildman–Crippen MR) is 109 cm³/mol. The molecule has 0 spiro atoms. The molecule has 5 nitrogen and oxygen atoms in total. The molecule has 0 aliphatic rings. The van der Waals surface area contributed by atoms with Crippen LogP contribution in [0.4, 0.5) is 0 Å². The Hall–Kier alpha value is -2.60. The number of amides is 1. The number of carbonyl (C=O) groups is 1. The fourth-order valence-electron chi connectivity index (χ4n) is 2.74. The third-order valence-corrected chi connectivity index (χ3v) is 5.85. The van der Waals surface area contributed by atoms with Crippen molar-refractivity contribution in [2.45, 2.75) is 31.7 Å². The van der Waals surface area contributed by atoms with E-state index in [2.05, 4.69) is 42.1 Å². The second-order valence-corrected chi connectivity index (χ2v) is 7.70. The third-order valence-electron chi connectivity index (χ3n) is 4.87. The first kappa shape index (κ1) is 19.2. The molecule has 0 fully saturated rings. The lowest BCUT2D eigenvalue weighted by Gasteiger charge is -2.25. The van der Waals surface area contributed by atoms with Crippen molar-refractivity contribution in [2.24, 2.45) is 0 Å². The average Bonchev–Trinajstić information content (AvgIpc) is 3.22. The lowest BCUT2D eigenvalue weighted by molar-refractivity contribution is -0.128. The number of benzene rings is 2. The van der Waals surface area contributed by atoms with Crippen molar-refractivity contribution in [1.82, 2.24) is 19.7 Å². The van der Waals surface area contributed by atoms with Gasteiger partial charge in [-0.1, -0.05) is 18.2 Å². The SMILES string of the molecule is Cc1ccc(SCC(=O)N(C)[C@@H](C)c2ccc(-n3cncn3)cc2)cc1C. The third kappa shape index (κ3) is 4.57. The van der Waals surface area contributed by atoms with Gasteiger partial charge >= 0.3 is 0 Å². The van der Waals surface area contributed by atoms with E-state index in [-0.39, 0.29) is 11.9 Å². The molecular weight excluding hydrogens is 356 g/mol. The van der Waals surface area contributed by atoms with Gasteiger partial charge in [-0.15, -0.1) is 11.8 Å². The van der Waals surface area contributed by atoms with Crippen LogP contribution in [-0.4, -0.2) is 38.4 Å². The maximum atomic E-state index is 12.6. The van der Waals surface area contributed by atoms with Gasteiger partial charge in [-0.25, -0.2) is 9.67 Å². The molecule has 0 aliphatic heterocycles. The van der Waals surface area contributed by atoms with Gasteiger partial charge in [0.2, 0.25) is 5.91 Å². The van der Waals surface area contributed by atoms with Crippen molar-refractivity contribution in [1.29, 1.82) is 0 Å². The first-order chi connectivity index (χ1) is 13.0. The van der Waals surface area contributed by atoms with Gasteiger partial charge in [-0.3, -0.25) is 4.79 Å². The van der Waals surface area contributed by atoms with Crippen LogP contribution < -0.4 is 0 Å². The zero-order valence-corrected chi connectivity index (χ0v) is 16.9. The monoisotopic (exact) mass is 380 g/mol. The minimum absolute atomic E-state index is 0.00245. The van der Waals surface area contributed by atoms with Crippen LogP contribution in [0.1, 0.15) is 29.7 Å². The van der Waals surface area contributed by atoms with Crippen LogP contribution in [0.15, 0.2) is 60.0 Å². The Kier molecular flexibility index (Phi) is 5.96. The van der Waals surface area contributed by atoms with E-state index in [1.165, 1.54) is 17.5 Å². The van der Waals surface area contributed by atoms with Crippen LogP contribution in [0.25, 0.3) is 5.69 Å². The molecular formula is C21H24N4OS. The fourth-order valence-corrected chi connectivity index (χ4v) is 3.66. The first-order valence-corrected chi connectivity index (χ1v) is 9.85. The van der Waals surface area contributed by atoms with Gasteiger partial charge in [0.05, 0.1) is 17.5 Å². The normalized spacial score (nSPS) is 12.0. The maximum Gasteiger partial charge on any atom is 0.233 e. The van der Waals surface area contributed by atoms with Gasteiger partial charge in [0.15, 0.2) is 0 Å². The van der Waals surface area contributed by atoms with Crippen LogP contribution in [0.5, 0.6) is 0 Å². The van der Waals surface area contributed by atoms with Crippen molar-refractivity contribution in [3.05, 3.63) is 71.8 Å². The molecule has 140 valence electrons. The van der Waals surface area contributed by atoms with Crippen LogP contribution in [-0.2, 0) is 4.79 Å². The first-order valence-electron chi connectivity index (χ1n) is 8.86. The zero-order valence-electron chi connectivity index (χ0n) is 16.1. The number of hydrogen-bond donors (Lipinski definition) is 0. The number of aryl methyl sites for hydroxylation is 2. The summed E-state index contributed by atoms with van der Waals surface area (Å²) >= 11 is 1.58. The Labute approximate surface area is 164 Å². The Morgan fingerprint density at radius 2 is 1.89 bits per heavy atom. The van der Waals surface area contributed by atoms with Crippen LogP contribution in [0.3, 0.4) is 0 Å². The van der Waals surface area contributed by atoms with E-state index in [1.54, 1.807) is 27.7 Å². The molecule has 0 saturated heterocycles. The number of nitrogens with zero attached hydrogens (tertiary/aromatic N) is 4.